The van der Waals surface area contributed by atoms with Crippen molar-refractivity contribution in [3.63, 3.8) is 0 Å². The summed E-state index contributed by atoms with van der Waals surface area (Å²) >= 11 is 0. The van der Waals surface area contributed by atoms with Crippen molar-refractivity contribution >= 4 is 11.6 Å². The van der Waals surface area contributed by atoms with Gasteiger partial charge in [-0.25, -0.2) is 0 Å². The standard InChI is InChI=1S/C18H13F3N2O2/c1-23-16(24)13-4-2-3-5-14(13)17(23)10-15(22-25-17)11-6-8-12(9-7-11)18(19,20)21/h2-9H,10H2,1H3. The lowest BCUT2D eigenvalue weighted by Gasteiger charge is -2.29. The van der Waals surface area contributed by atoms with Crippen molar-refractivity contribution in [3.05, 3.63) is 70.8 Å². The van der Waals surface area contributed by atoms with Gasteiger partial charge in [0, 0.05) is 18.2 Å². The summed E-state index contributed by atoms with van der Waals surface area (Å²) in [6.07, 6.45) is -4.11. The van der Waals surface area contributed by atoms with Gasteiger partial charge in [0.2, 0.25) is 5.72 Å². The van der Waals surface area contributed by atoms with Crippen molar-refractivity contribution in [2.24, 2.45) is 5.16 Å². The average Bonchev–Trinajstić information content (AvgIpc) is 3.13. The molecule has 1 atom stereocenters. The second kappa shape index (κ2) is 5.08. The fourth-order valence-corrected chi connectivity index (χ4v) is 3.29. The number of hydrogen-bond acceptors (Lipinski definition) is 3. The maximum atomic E-state index is 12.7. The van der Waals surface area contributed by atoms with Crippen LogP contribution in [0.25, 0.3) is 0 Å². The van der Waals surface area contributed by atoms with E-state index in [1.165, 1.54) is 17.0 Å². The number of carbonyl (C=O) groups excluding carboxylic acids is 1. The Kier molecular flexibility index (Phi) is 3.19. The van der Waals surface area contributed by atoms with Gasteiger partial charge in [-0.15, -0.1) is 0 Å². The fourth-order valence-electron chi connectivity index (χ4n) is 3.29. The summed E-state index contributed by atoms with van der Waals surface area (Å²) in [4.78, 5) is 19.6. The van der Waals surface area contributed by atoms with Gasteiger partial charge in [0.1, 0.15) is 0 Å². The third-order valence-electron chi connectivity index (χ3n) is 4.68. The van der Waals surface area contributed by atoms with E-state index in [1.54, 1.807) is 19.2 Å². The summed E-state index contributed by atoms with van der Waals surface area (Å²) in [6.45, 7) is 0. The molecule has 128 valence electrons. The van der Waals surface area contributed by atoms with Gasteiger partial charge < -0.3 is 4.84 Å². The first-order chi connectivity index (χ1) is 11.8. The van der Waals surface area contributed by atoms with Crippen molar-refractivity contribution in [2.45, 2.75) is 18.3 Å². The summed E-state index contributed by atoms with van der Waals surface area (Å²) in [5.41, 5.74) is 0.553. The third-order valence-corrected chi connectivity index (χ3v) is 4.68. The molecule has 0 fully saturated rings. The Balaban J connectivity index is 1.66. The van der Waals surface area contributed by atoms with Crippen molar-refractivity contribution in [1.29, 1.82) is 0 Å². The number of fused-ring (bicyclic) bond motifs is 2. The first-order valence-electron chi connectivity index (χ1n) is 7.63. The Morgan fingerprint density at radius 3 is 2.48 bits per heavy atom. The molecule has 2 heterocycles. The number of carbonyl (C=O) groups is 1. The SMILES string of the molecule is CN1C(=O)c2ccccc2C12CC(c1ccc(C(F)(F)F)cc1)=NO2. The number of benzene rings is 2. The van der Waals surface area contributed by atoms with Crippen LogP contribution in [0.1, 0.15) is 33.5 Å². The number of nitrogens with zero attached hydrogens (tertiary/aromatic N) is 2. The largest absolute Gasteiger partial charge is 0.416 e. The van der Waals surface area contributed by atoms with Gasteiger partial charge in [0.05, 0.1) is 17.7 Å². The molecule has 1 amide bonds. The van der Waals surface area contributed by atoms with E-state index in [4.69, 9.17) is 4.84 Å². The van der Waals surface area contributed by atoms with E-state index >= 15 is 0 Å². The maximum Gasteiger partial charge on any atom is 0.416 e. The number of rotatable bonds is 1. The molecule has 0 bridgehead atoms. The molecule has 0 aromatic heterocycles. The normalized spacial score (nSPS) is 22.2. The van der Waals surface area contributed by atoms with E-state index in [1.807, 2.05) is 12.1 Å². The maximum absolute atomic E-state index is 12.7. The van der Waals surface area contributed by atoms with Gasteiger partial charge in [-0.05, 0) is 23.8 Å². The molecule has 4 nitrogen and oxygen atoms in total. The first-order valence-corrected chi connectivity index (χ1v) is 7.63. The Morgan fingerprint density at radius 2 is 1.80 bits per heavy atom. The summed E-state index contributed by atoms with van der Waals surface area (Å²) in [7, 11) is 1.63. The molecule has 2 aromatic carbocycles. The molecule has 0 aliphatic carbocycles. The molecular formula is C18H13F3N2O2. The summed E-state index contributed by atoms with van der Waals surface area (Å²) in [5.74, 6) is -0.167. The van der Waals surface area contributed by atoms with E-state index in [9.17, 15) is 18.0 Å². The quantitative estimate of drug-likeness (QED) is 0.789. The summed E-state index contributed by atoms with van der Waals surface area (Å²) in [6, 6.07) is 11.9. The molecule has 2 aliphatic heterocycles. The highest BCUT2D eigenvalue weighted by atomic mass is 19.4. The van der Waals surface area contributed by atoms with E-state index < -0.39 is 17.5 Å². The molecule has 0 saturated carbocycles. The number of hydrogen-bond donors (Lipinski definition) is 0. The molecule has 0 radical (unpaired) electrons. The van der Waals surface area contributed by atoms with Crippen molar-refractivity contribution < 1.29 is 22.8 Å². The predicted molar refractivity (Wildman–Crippen MR) is 83.9 cm³/mol. The number of amides is 1. The zero-order valence-corrected chi connectivity index (χ0v) is 13.2. The van der Waals surface area contributed by atoms with Gasteiger partial charge >= 0.3 is 6.18 Å². The Labute approximate surface area is 141 Å². The molecule has 0 saturated heterocycles. The minimum Gasteiger partial charge on any atom is -0.361 e. The summed E-state index contributed by atoms with van der Waals surface area (Å²) < 4.78 is 38.1. The van der Waals surface area contributed by atoms with Crippen LogP contribution in [0.15, 0.2) is 53.7 Å². The molecule has 2 aromatic rings. The Morgan fingerprint density at radius 1 is 1.12 bits per heavy atom. The summed E-state index contributed by atoms with van der Waals surface area (Å²) in [5, 5.41) is 4.06. The van der Waals surface area contributed by atoms with Crippen LogP contribution in [0.4, 0.5) is 13.2 Å². The van der Waals surface area contributed by atoms with Crippen molar-refractivity contribution in [2.75, 3.05) is 7.05 Å². The van der Waals surface area contributed by atoms with Crippen LogP contribution in [0.3, 0.4) is 0 Å². The highest BCUT2D eigenvalue weighted by molar-refractivity contribution is 6.05. The van der Waals surface area contributed by atoms with E-state index in [0.29, 0.717) is 22.4 Å². The zero-order valence-electron chi connectivity index (χ0n) is 13.2. The molecular weight excluding hydrogens is 333 g/mol. The highest BCUT2D eigenvalue weighted by Crippen LogP contribution is 2.45. The lowest BCUT2D eigenvalue weighted by molar-refractivity contribution is -0.137. The first kappa shape index (κ1) is 15.7. The van der Waals surface area contributed by atoms with Gasteiger partial charge in [-0.2, -0.15) is 13.2 Å². The fraction of sp³-hybridized carbons (Fsp3) is 0.222. The van der Waals surface area contributed by atoms with E-state index in [2.05, 4.69) is 5.16 Å². The Hall–Kier alpha value is -2.83. The van der Waals surface area contributed by atoms with E-state index in [0.717, 1.165) is 12.1 Å². The lowest BCUT2D eigenvalue weighted by Crippen LogP contribution is -2.41. The van der Waals surface area contributed by atoms with Gasteiger partial charge in [-0.1, -0.05) is 35.5 Å². The molecule has 25 heavy (non-hydrogen) atoms. The van der Waals surface area contributed by atoms with E-state index in [-0.39, 0.29) is 12.3 Å². The highest BCUT2D eigenvalue weighted by Gasteiger charge is 2.54. The smallest absolute Gasteiger partial charge is 0.361 e. The molecule has 4 rings (SSSR count). The monoisotopic (exact) mass is 346 g/mol. The second-order valence-corrected chi connectivity index (χ2v) is 6.08. The van der Waals surface area contributed by atoms with Crippen LogP contribution in [0, 0.1) is 0 Å². The molecule has 2 aliphatic rings. The van der Waals surface area contributed by atoms with Gasteiger partial charge in [0.25, 0.3) is 5.91 Å². The molecule has 0 N–H and O–H groups in total. The molecule has 1 unspecified atom stereocenters. The number of halogens is 3. The number of oxime groups is 1. The average molecular weight is 346 g/mol. The van der Waals surface area contributed by atoms with Crippen LogP contribution in [-0.4, -0.2) is 23.6 Å². The van der Waals surface area contributed by atoms with Crippen molar-refractivity contribution in [1.82, 2.24) is 4.90 Å². The number of alkyl halides is 3. The minimum atomic E-state index is -4.38. The Bertz CT molecular complexity index is 890. The third kappa shape index (κ3) is 2.22. The van der Waals surface area contributed by atoms with Crippen LogP contribution in [-0.2, 0) is 16.7 Å². The zero-order chi connectivity index (χ0) is 17.8. The van der Waals surface area contributed by atoms with Gasteiger partial charge in [-0.3, -0.25) is 9.69 Å². The lowest BCUT2D eigenvalue weighted by atomic mass is 9.94. The van der Waals surface area contributed by atoms with Crippen molar-refractivity contribution in [3.8, 4) is 0 Å². The van der Waals surface area contributed by atoms with Crippen LogP contribution < -0.4 is 0 Å². The van der Waals surface area contributed by atoms with Crippen LogP contribution >= 0.6 is 0 Å². The minimum absolute atomic E-state index is 0.167. The topological polar surface area (TPSA) is 41.9 Å². The van der Waals surface area contributed by atoms with Gasteiger partial charge in [0.15, 0.2) is 0 Å². The van der Waals surface area contributed by atoms with Crippen LogP contribution in [0.5, 0.6) is 0 Å². The molecule has 1 spiro atoms. The molecule has 7 heteroatoms. The van der Waals surface area contributed by atoms with Crippen LogP contribution in [0.2, 0.25) is 0 Å². The second-order valence-electron chi connectivity index (χ2n) is 6.08. The predicted octanol–water partition coefficient (Wildman–Crippen LogP) is 3.77.